The van der Waals surface area contributed by atoms with Crippen molar-refractivity contribution >= 4 is 46.6 Å². The van der Waals surface area contributed by atoms with Crippen LogP contribution in [0.5, 0.6) is 0 Å². The molecule has 2 amide bonds. The second-order valence-electron chi connectivity index (χ2n) is 8.87. The summed E-state index contributed by atoms with van der Waals surface area (Å²) in [5, 5.41) is 4.65. The van der Waals surface area contributed by atoms with E-state index in [1.807, 2.05) is 68.4 Å². The standard InChI is InChI=1S/C29H31Cl3N2O2/c1-3-20(2)33-29(36)27(17-21-9-5-4-6-10-21)34(19-23-13-15-24(30)18-26(23)32)28(35)16-14-22-11-7-8-12-25(22)31/h4-13,15,18,20,27H,3,14,16-17,19H2,1-2H3,(H,33,36)/t20-,27-/m0/s1. The Bertz CT molecular complexity index is 1170. The maximum atomic E-state index is 13.7. The van der Waals surface area contributed by atoms with Crippen LogP contribution in [0.15, 0.2) is 72.8 Å². The zero-order valence-corrected chi connectivity index (χ0v) is 22.8. The average molecular weight is 546 g/mol. The van der Waals surface area contributed by atoms with E-state index < -0.39 is 6.04 Å². The van der Waals surface area contributed by atoms with Gasteiger partial charge < -0.3 is 10.2 Å². The SMILES string of the molecule is CC[C@H](C)NC(=O)[C@H](Cc1ccccc1)N(Cc1ccc(Cl)cc1Cl)C(=O)CCc1ccccc1Cl. The molecule has 0 heterocycles. The number of rotatable bonds is 11. The molecule has 0 fully saturated rings. The molecule has 3 aromatic rings. The summed E-state index contributed by atoms with van der Waals surface area (Å²) in [6.45, 7) is 4.15. The normalized spacial score (nSPS) is 12.6. The van der Waals surface area contributed by atoms with Crippen LogP contribution < -0.4 is 5.32 Å². The largest absolute Gasteiger partial charge is 0.352 e. The molecule has 1 N–H and O–H groups in total. The number of hydrogen-bond donors (Lipinski definition) is 1. The molecular formula is C29H31Cl3N2O2. The number of carbonyl (C=O) groups excluding carboxylic acids is 2. The van der Waals surface area contributed by atoms with E-state index in [2.05, 4.69) is 5.32 Å². The molecule has 7 heteroatoms. The van der Waals surface area contributed by atoms with Gasteiger partial charge in [-0.3, -0.25) is 9.59 Å². The Balaban J connectivity index is 1.95. The molecule has 0 aromatic heterocycles. The predicted molar refractivity (Wildman–Crippen MR) is 149 cm³/mol. The zero-order valence-electron chi connectivity index (χ0n) is 20.5. The van der Waals surface area contributed by atoms with E-state index in [1.54, 1.807) is 23.1 Å². The van der Waals surface area contributed by atoms with Crippen LogP contribution in [0.2, 0.25) is 15.1 Å². The van der Waals surface area contributed by atoms with Crippen molar-refractivity contribution in [2.45, 2.75) is 58.2 Å². The molecular weight excluding hydrogens is 515 g/mol. The average Bonchev–Trinajstić information content (AvgIpc) is 2.87. The highest BCUT2D eigenvalue weighted by Crippen LogP contribution is 2.25. The fourth-order valence-corrected chi connectivity index (χ4v) is 4.61. The lowest BCUT2D eigenvalue weighted by molar-refractivity contribution is -0.141. The summed E-state index contributed by atoms with van der Waals surface area (Å²) in [6, 6.07) is 21.6. The van der Waals surface area contributed by atoms with Crippen LogP contribution in [0.25, 0.3) is 0 Å². The van der Waals surface area contributed by atoms with Crippen molar-refractivity contribution in [1.82, 2.24) is 10.2 Å². The number of nitrogens with zero attached hydrogens (tertiary/aromatic N) is 1. The van der Waals surface area contributed by atoms with Crippen molar-refractivity contribution < 1.29 is 9.59 Å². The number of aryl methyl sites for hydroxylation is 1. The van der Waals surface area contributed by atoms with Crippen LogP contribution in [0.1, 0.15) is 43.4 Å². The molecule has 0 bridgehead atoms. The summed E-state index contributed by atoms with van der Waals surface area (Å²) >= 11 is 18.9. The van der Waals surface area contributed by atoms with Gasteiger partial charge in [0.05, 0.1) is 0 Å². The molecule has 0 radical (unpaired) electrons. The van der Waals surface area contributed by atoms with Gasteiger partial charge in [-0.25, -0.2) is 0 Å². The summed E-state index contributed by atoms with van der Waals surface area (Å²) in [5.74, 6) is -0.342. The Labute approximate surface area is 228 Å². The maximum absolute atomic E-state index is 13.7. The minimum absolute atomic E-state index is 0.0185. The highest BCUT2D eigenvalue weighted by Gasteiger charge is 2.31. The highest BCUT2D eigenvalue weighted by atomic mass is 35.5. The van der Waals surface area contributed by atoms with Crippen molar-refractivity contribution in [2.24, 2.45) is 0 Å². The number of benzene rings is 3. The van der Waals surface area contributed by atoms with Crippen molar-refractivity contribution in [3.63, 3.8) is 0 Å². The number of halogens is 3. The van der Waals surface area contributed by atoms with Crippen molar-refractivity contribution in [1.29, 1.82) is 0 Å². The van der Waals surface area contributed by atoms with Gasteiger partial charge in [0.2, 0.25) is 11.8 Å². The van der Waals surface area contributed by atoms with Crippen molar-refractivity contribution in [3.05, 3.63) is 105 Å². The Morgan fingerprint density at radius 1 is 0.889 bits per heavy atom. The van der Waals surface area contributed by atoms with Crippen molar-refractivity contribution in [2.75, 3.05) is 0 Å². The predicted octanol–water partition coefficient (Wildman–Crippen LogP) is 7.13. The van der Waals surface area contributed by atoms with Crippen LogP contribution in [-0.4, -0.2) is 28.8 Å². The van der Waals surface area contributed by atoms with Crippen LogP contribution in [-0.2, 0) is 29.0 Å². The zero-order chi connectivity index (χ0) is 26.1. The molecule has 190 valence electrons. The van der Waals surface area contributed by atoms with Crippen LogP contribution in [0.3, 0.4) is 0 Å². The monoisotopic (exact) mass is 544 g/mol. The molecule has 3 rings (SSSR count). The number of nitrogens with one attached hydrogen (secondary N) is 1. The summed E-state index contributed by atoms with van der Waals surface area (Å²) in [4.78, 5) is 28.9. The van der Waals surface area contributed by atoms with Gasteiger partial charge in [0.1, 0.15) is 6.04 Å². The van der Waals surface area contributed by atoms with E-state index in [0.29, 0.717) is 27.9 Å². The molecule has 0 aliphatic heterocycles. The molecule has 0 aliphatic rings. The first-order valence-electron chi connectivity index (χ1n) is 12.1. The minimum atomic E-state index is -0.716. The molecule has 0 saturated carbocycles. The minimum Gasteiger partial charge on any atom is -0.352 e. The quantitative estimate of drug-likeness (QED) is 0.278. The van der Waals surface area contributed by atoms with Gasteiger partial charge in [-0.2, -0.15) is 0 Å². The first-order valence-corrected chi connectivity index (χ1v) is 13.2. The first-order chi connectivity index (χ1) is 17.3. The molecule has 4 nitrogen and oxygen atoms in total. The van der Waals surface area contributed by atoms with E-state index in [-0.39, 0.29) is 30.8 Å². The summed E-state index contributed by atoms with van der Waals surface area (Å²) in [6.07, 6.45) is 1.84. The van der Waals surface area contributed by atoms with E-state index in [0.717, 1.165) is 23.1 Å². The summed E-state index contributed by atoms with van der Waals surface area (Å²) in [5.41, 5.74) is 2.58. The van der Waals surface area contributed by atoms with Crippen LogP contribution in [0, 0.1) is 0 Å². The Morgan fingerprint density at radius 3 is 2.25 bits per heavy atom. The second-order valence-corrected chi connectivity index (χ2v) is 10.1. The molecule has 36 heavy (non-hydrogen) atoms. The van der Waals surface area contributed by atoms with Gasteiger partial charge in [0, 0.05) is 40.5 Å². The molecule has 3 aromatic carbocycles. The van der Waals surface area contributed by atoms with Gasteiger partial charge in [0.15, 0.2) is 0 Å². The lowest BCUT2D eigenvalue weighted by Crippen LogP contribution is -2.52. The van der Waals surface area contributed by atoms with E-state index in [9.17, 15) is 9.59 Å². The third-order valence-corrected chi connectivity index (χ3v) is 7.15. The topological polar surface area (TPSA) is 49.4 Å². The van der Waals surface area contributed by atoms with Crippen LogP contribution >= 0.6 is 34.8 Å². The Kier molecular flexibility index (Phi) is 10.7. The molecule has 0 spiro atoms. The summed E-state index contributed by atoms with van der Waals surface area (Å²) < 4.78 is 0. The molecule has 0 saturated heterocycles. The smallest absolute Gasteiger partial charge is 0.243 e. The van der Waals surface area contributed by atoms with Gasteiger partial charge in [-0.1, -0.05) is 96.3 Å². The Hall–Kier alpha value is -2.53. The summed E-state index contributed by atoms with van der Waals surface area (Å²) in [7, 11) is 0. The third kappa shape index (κ3) is 7.99. The third-order valence-electron chi connectivity index (χ3n) is 6.19. The molecule has 0 unspecified atom stereocenters. The van der Waals surface area contributed by atoms with Gasteiger partial charge in [-0.05, 0) is 54.7 Å². The highest BCUT2D eigenvalue weighted by molar-refractivity contribution is 6.35. The van der Waals surface area contributed by atoms with Crippen LogP contribution in [0.4, 0.5) is 0 Å². The van der Waals surface area contributed by atoms with E-state index >= 15 is 0 Å². The number of carbonyl (C=O) groups is 2. The van der Waals surface area contributed by atoms with Gasteiger partial charge >= 0.3 is 0 Å². The maximum Gasteiger partial charge on any atom is 0.243 e. The Morgan fingerprint density at radius 2 is 1.58 bits per heavy atom. The van der Waals surface area contributed by atoms with E-state index in [4.69, 9.17) is 34.8 Å². The van der Waals surface area contributed by atoms with Gasteiger partial charge in [0.25, 0.3) is 0 Å². The molecule has 2 atom stereocenters. The van der Waals surface area contributed by atoms with Gasteiger partial charge in [-0.15, -0.1) is 0 Å². The number of amides is 2. The first kappa shape index (κ1) is 28.0. The molecule has 0 aliphatic carbocycles. The van der Waals surface area contributed by atoms with Crippen molar-refractivity contribution in [3.8, 4) is 0 Å². The number of hydrogen-bond acceptors (Lipinski definition) is 2. The lowest BCUT2D eigenvalue weighted by atomic mass is 10.0. The second kappa shape index (κ2) is 13.7. The fourth-order valence-electron chi connectivity index (χ4n) is 3.91. The fraction of sp³-hybridized carbons (Fsp3) is 0.310. The lowest BCUT2D eigenvalue weighted by Gasteiger charge is -2.32. The van der Waals surface area contributed by atoms with E-state index in [1.165, 1.54) is 0 Å².